The molecule has 0 saturated carbocycles. The van der Waals surface area contributed by atoms with E-state index in [1.165, 1.54) is 17.7 Å². The smallest absolute Gasteiger partial charge is 0.252 e. The summed E-state index contributed by atoms with van der Waals surface area (Å²) in [5.74, 6) is -0.626. The molecule has 0 spiro atoms. The molecule has 1 amide bonds. The zero-order valence-corrected chi connectivity index (χ0v) is 16.0. The molecule has 0 bridgehead atoms. The first-order valence-electron chi connectivity index (χ1n) is 9.67. The number of halogens is 1. The number of hydrogen-bond acceptors (Lipinski definition) is 3. The number of carbonyl (C=O) groups is 1. The standard InChI is InChI=1S/C22H25FN4O/c1-27(10-2-8-24)13-14-3-5-15(6-4-14)21-17-7-9-25-22(28)18-11-16(23)12-19(26-21)20(17)18/h3-6,11-12,26H,2,7-10,13,24H2,1H3,(H,25,28). The zero-order valence-electron chi connectivity index (χ0n) is 16.0. The van der Waals surface area contributed by atoms with Crippen molar-refractivity contribution in [2.75, 3.05) is 26.7 Å². The van der Waals surface area contributed by atoms with Crippen molar-refractivity contribution in [1.29, 1.82) is 0 Å². The third kappa shape index (κ3) is 3.53. The number of nitrogens with two attached hydrogens (primary N) is 1. The van der Waals surface area contributed by atoms with E-state index in [-0.39, 0.29) is 5.91 Å². The molecule has 0 radical (unpaired) electrons. The van der Waals surface area contributed by atoms with Gasteiger partial charge in [-0.2, -0.15) is 0 Å². The molecule has 6 heteroatoms. The van der Waals surface area contributed by atoms with E-state index in [2.05, 4.69) is 46.5 Å². The highest BCUT2D eigenvalue weighted by molar-refractivity contribution is 6.10. The van der Waals surface area contributed by atoms with Gasteiger partial charge < -0.3 is 20.9 Å². The van der Waals surface area contributed by atoms with E-state index in [4.69, 9.17) is 5.73 Å². The molecule has 0 saturated heterocycles. The van der Waals surface area contributed by atoms with Gasteiger partial charge in [-0.1, -0.05) is 24.3 Å². The minimum absolute atomic E-state index is 0.218. The number of amides is 1. The van der Waals surface area contributed by atoms with Crippen molar-refractivity contribution in [2.45, 2.75) is 19.4 Å². The molecule has 4 N–H and O–H groups in total. The molecule has 1 aromatic heterocycles. The van der Waals surface area contributed by atoms with Crippen molar-refractivity contribution in [3.05, 3.63) is 58.9 Å². The molecule has 1 aliphatic rings. The predicted molar refractivity (Wildman–Crippen MR) is 110 cm³/mol. The van der Waals surface area contributed by atoms with Crippen molar-refractivity contribution < 1.29 is 9.18 Å². The number of nitrogens with zero attached hydrogens (tertiary/aromatic N) is 1. The summed E-state index contributed by atoms with van der Waals surface area (Å²) < 4.78 is 14.0. The van der Waals surface area contributed by atoms with Crippen LogP contribution in [0.2, 0.25) is 0 Å². The second-order valence-corrected chi connectivity index (χ2v) is 7.44. The van der Waals surface area contributed by atoms with Gasteiger partial charge in [-0.15, -0.1) is 0 Å². The third-order valence-corrected chi connectivity index (χ3v) is 5.31. The molecule has 0 unspecified atom stereocenters. The Balaban J connectivity index is 1.69. The Morgan fingerprint density at radius 3 is 2.75 bits per heavy atom. The first-order valence-corrected chi connectivity index (χ1v) is 9.67. The number of nitrogens with one attached hydrogen (secondary N) is 2. The number of aromatic amines is 1. The van der Waals surface area contributed by atoms with E-state index >= 15 is 0 Å². The molecule has 5 nitrogen and oxygen atoms in total. The van der Waals surface area contributed by atoms with E-state index < -0.39 is 5.82 Å². The predicted octanol–water partition coefficient (Wildman–Crippen LogP) is 3.04. The van der Waals surface area contributed by atoms with E-state index in [9.17, 15) is 9.18 Å². The van der Waals surface area contributed by atoms with Crippen LogP contribution in [-0.4, -0.2) is 42.5 Å². The number of benzene rings is 2. The number of hydrogen-bond donors (Lipinski definition) is 3. The third-order valence-electron chi connectivity index (χ3n) is 5.31. The van der Waals surface area contributed by atoms with Crippen LogP contribution in [0.4, 0.5) is 4.39 Å². The van der Waals surface area contributed by atoms with Crippen molar-refractivity contribution in [3.63, 3.8) is 0 Å². The Morgan fingerprint density at radius 2 is 2.00 bits per heavy atom. The summed E-state index contributed by atoms with van der Waals surface area (Å²) in [5, 5.41) is 3.69. The second-order valence-electron chi connectivity index (χ2n) is 7.44. The summed E-state index contributed by atoms with van der Waals surface area (Å²) in [7, 11) is 2.09. The Labute approximate surface area is 163 Å². The van der Waals surface area contributed by atoms with Crippen LogP contribution in [0.25, 0.3) is 22.2 Å². The largest absolute Gasteiger partial charge is 0.354 e. The molecular weight excluding hydrogens is 355 g/mol. The molecule has 4 rings (SSSR count). The van der Waals surface area contributed by atoms with Gasteiger partial charge in [-0.25, -0.2) is 4.39 Å². The van der Waals surface area contributed by atoms with Crippen LogP contribution in [0.3, 0.4) is 0 Å². The highest BCUT2D eigenvalue weighted by Crippen LogP contribution is 2.34. The van der Waals surface area contributed by atoms with Crippen molar-refractivity contribution in [1.82, 2.24) is 15.2 Å². The lowest BCUT2D eigenvalue weighted by Crippen LogP contribution is -2.23. The number of aromatic nitrogens is 1. The zero-order chi connectivity index (χ0) is 19.7. The maximum atomic E-state index is 14.0. The molecule has 2 heterocycles. The Hall–Kier alpha value is -2.70. The van der Waals surface area contributed by atoms with E-state index in [0.717, 1.165) is 41.7 Å². The molecule has 1 aliphatic heterocycles. The molecule has 0 atom stereocenters. The summed E-state index contributed by atoms with van der Waals surface area (Å²) >= 11 is 0. The summed E-state index contributed by atoms with van der Waals surface area (Å²) in [6.45, 7) is 3.08. The first kappa shape index (κ1) is 18.7. The first-order chi connectivity index (χ1) is 13.6. The minimum Gasteiger partial charge on any atom is -0.354 e. The monoisotopic (exact) mass is 380 g/mol. The van der Waals surface area contributed by atoms with Gasteiger partial charge in [0.2, 0.25) is 0 Å². The topological polar surface area (TPSA) is 74.2 Å². The van der Waals surface area contributed by atoms with Crippen LogP contribution in [0, 0.1) is 5.82 Å². The fourth-order valence-electron chi connectivity index (χ4n) is 3.97. The molecule has 3 aromatic rings. The quantitative estimate of drug-likeness (QED) is 0.615. The molecule has 146 valence electrons. The van der Waals surface area contributed by atoms with Gasteiger partial charge in [0.25, 0.3) is 5.91 Å². The molecule has 0 fully saturated rings. The van der Waals surface area contributed by atoms with Crippen LogP contribution in [-0.2, 0) is 13.0 Å². The van der Waals surface area contributed by atoms with Crippen LogP contribution in [0.5, 0.6) is 0 Å². The van der Waals surface area contributed by atoms with Crippen LogP contribution >= 0.6 is 0 Å². The Morgan fingerprint density at radius 1 is 1.21 bits per heavy atom. The number of rotatable bonds is 6. The van der Waals surface area contributed by atoms with Crippen LogP contribution < -0.4 is 11.1 Å². The molecule has 0 aliphatic carbocycles. The van der Waals surface area contributed by atoms with E-state index in [1.54, 1.807) is 0 Å². The lowest BCUT2D eigenvalue weighted by molar-refractivity contribution is 0.0957. The van der Waals surface area contributed by atoms with Gasteiger partial charge in [-0.3, -0.25) is 4.79 Å². The minimum atomic E-state index is -0.408. The second kappa shape index (κ2) is 7.73. The highest BCUT2D eigenvalue weighted by Gasteiger charge is 2.23. The highest BCUT2D eigenvalue weighted by atomic mass is 19.1. The summed E-state index contributed by atoms with van der Waals surface area (Å²) in [5.41, 5.74) is 11.0. The van der Waals surface area contributed by atoms with E-state index in [0.29, 0.717) is 30.6 Å². The van der Waals surface area contributed by atoms with Gasteiger partial charge in [-0.05, 0) is 61.8 Å². The van der Waals surface area contributed by atoms with Crippen LogP contribution in [0.1, 0.15) is 27.9 Å². The lowest BCUT2D eigenvalue weighted by atomic mass is 9.99. The van der Waals surface area contributed by atoms with Gasteiger partial charge >= 0.3 is 0 Å². The van der Waals surface area contributed by atoms with Crippen molar-refractivity contribution >= 4 is 16.8 Å². The normalized spacial score (nSPS) is 13.8. The average Bonchev–Trinajstić information content (AvgIpc) is 2.95. The van der Waals surface area contributed by atoms with Crippen molar-refractivity contribution in [2.24, 2.45) is 5.73 Å². The van der Waals surface area contributed by atoms with Gasteiger partial charge in [0, 0.05) is 29.7 Å². The van der Waals surface area contributed by atoms with Crippen molar-refractivity contribution in [3.8, 4) is 11.3 Å². The molecule has 28 heavy (non-hydrogen) atoms. The number of carbonyl (C=O) groups excluding carboxylic acids is 1. The van der Waals surface area contributed by atoms with Crippen LogP contribution in [0.15, 0.2) is 36.4 Å². The summed E-state index contributed by atoms with van der Waals surface area (Å²) in [6, 6.07) is 11.2. The fourth-order valence-corrected chi connectivity index (χ4v) is 3.97. The SMILES string of the molecule is CN(CCCN)Cc1ccc(-c2[nH]c3cc(F)cc4c3c2CCNC4=O)cc1. The lowest BCUT2D eigenvalue weighted by Gasteiger charge is -2.16. The van der Waals surface area contributed by atoms with Gasteiger partial charge in [0.15, 0.2) is 0 Å². The fraction of sp³-hybridized carbons (Fsp3) is 0.318. The average molecular weight is 380 g/mol. The summed E-state index contributed by atoms with van der Waals surface area (Å²) in [6.07, 6.45) is 1.70. The number of H-pyrrole nitrogens is 1. The van der Waals surface area contributed by atoms with Gasteiger partial charge in [0.05, 0.1) is 5.56 Å². The maximum Gasteiger partial charge on any atom is 0.252 e. The molecule has 2 aromatic carbocycles. The maximum absolute atomic E-state index is 14.0. The van der Waals surface area contributed by atoms with E-state index in [1.807, 2.05) is 0 Å². The summed E-state index contributed by atoms with van der Waals surface area (Å²) in [4.78, 5) is 17.9. The Bertz CT molecular complexity index is 1010. The Kier molecular flexibility index (Phi) is 5.15. The molecular formula is C22H25FN4O. The van der Waals surface area contributed by atoms with Gasteiger partial charge in [0.1, 0.15) is 5.82 Å².